The Bertz CT molecular complexity index is 395. The van der Waals surface area contributed by atoms with Crippen LogP contribution in [0.25, 0.3) is 0 Å². The summed E-state index contributed by atoms with van der Waals surface area (Å²) in [5.74, 6) is 0.0849. The molecule has 0 unspecified atom stereocenters. The lowest BCUT2D eigenvalue weighted by Crippen LogP contribution is -2.46. The van der Waals surface area contributed by atoms with Gasteiger partial charge in [-0.3, -0.25) is 9.69 Å². The highest BCUT2D eigenvalue weighted by Gasteiger charge is 2.24. The molecule has 3 heteroatoms. The van der Waals surface area contributed by atoms with E-state index in [-0.39, 0.29) is 17.9 Å². The molecule has 0 atom stereocenters. The van der Waals surface area contributed by atoms with Crippen molar-refractivity contribution in [1.29, 1.82) is 0 Å². The van der Waals surface area contributed by atoms with Crippen molar-refractivity contribution < 1.29 is 9.90 Å². The standard InChI is InChI=1S/C15H23NO2/c1-5-12-6-8-13(9-7-12)14(18)10-16(4)15(2,3)11-17/h6-9,17H,5,10-11H2,1-4H3. The van der Waals surface area contributed by atoms with Crippen LogP contribution < -0.4 is 0 Å². The quantitative estimate of drug-likeness (QED) is 0.785. The first-order valence-electron chi connectivity index (χ1n) is 6.35. The highest BCUT2D eigenvalue weighted by Crippen LogP contribution is 2.13. The number of rotatable bonds is 6. The molecule has 0 heterocycles. The lowest BCUT2D eigenvalue weighted by Gasteiger charge is -2.33. The minimum atomic E-state index is -0.376. The Kier molecular flexibility index (Phi) is 5.05. The van der Waals surface area contributed by atoms with Crippen LogP contribution in [0, 0.1) is 0 Å². The Morgan fingerprint density at radius 2 is 1.83 bits per heavy atom. The maximum atomic E-state index is 12.1. The zero-order valence-corrected chi connectivity index (χ0v) is 11.7. The smallest absolute Gasteiger partial charge is 0.176 e. The summed E-state index contributed by atoms with van der Waals surface area (Å²) < 4.78 is 0. The van der Waals surface area contributed by atoms with Gasteiger partial charge in [0.25, 0.3) is 0 Å². The third-order valence-electron chi connectivity index (χ3n) is 3.49. The number of carbonyl (C=O) groups excluding carboxylic acids is 1. The third kappa shape index (κ3) is 3.65. The first-order valence-corrected chi connectivity index (χ1v) is 6.35. The maximum absolute atomic E-state index is 12.1. The molecule has 0 bridgehead atoms. The lowest BCUT2D eigenvalue weighted by atomic mass is 10.0. The maximum Gasteiger partial charge on any atom is 0.176 e. The van der Waals surface area contributed by atoms with Crippen molar-refractivity contribution in [3.05, 3.63) is 35.4 Å². The second-order valence-corrected chi connectivity index (χ2v) is 5.30. The minimum absolute atomic E-state index is 0.0333. The largest absolute Gasteiger partial charge is 0.394 e. The second kappa shape index (κ2) is 6.12. The van der Waals surface area contributed by atoms with E-state index >= 15 is 0 Å². The van der Waals surface area contributed by atoms with Gasteiger partial charge < -0.3 is 5.11 Å². The predicted octanol–water partition coefficient (Wildman–Crippen LogP) is 2.13. The van der Waals surface area contributed by atoms with Crippen LogP contribution in [0.3, 0.4) is 0 Å². The zero-order valence-electron chi connectivity index (χ0n) is 11.7. The van der Waals surface area contributed by atoms with Crippen molar-refractivity contribution in [2.45, 2.75) is 32.7 Å². The van der Waals surface area contributed by atoms with Crippen molar-refractivity contribution in [2.75, 3.05) is 20.2 Å². The summed E-state index contributed by atoms with van der Waals surface area (Å²) in [6, 6.07) is 7.73. The van der Waals surface area contributed by atoms with Gasteiger partial charge in [0.05, 0.1) is 13.2 Å². The number of benzene rings is 1. The minimum Gasteiger partial charge on any atom is -0.394 e. The van der Waals surface area contributed by atoms with Gasteiger partial charge in [0.15, 0.2) is 5.78 Å². The Hall–Kier alpha value is -1.19. The van der Waals surface area contributed by atoms with Gasteiger partial charge in [0.2, 0.25) is 0 Å². The molecule has 0 fully saturated rings. The summed E-state index contributed by atoms with van der Waals surface area (Å²) in [5, 5.41) is 9.26. The Labute approximate surface area is 109 Å². The topological polar surface area (TPSA) is 40.5 Å². The summed E-state index contributed by atoms with van der Waals surface area (Å²) in [7, 11) is 1.86. The number of aliphatic hydroxyl groups excluding tert-OH is 1. The molecule has 0 radical (unpaired) electrons. The lowest BCUT2D eigenvalue weighted by molar-refractivity contribution is 0.0659. The third-order valence-corrected chi connectivity index (χ3v) is 3.49. The molecule has 0 aromatic heterocycles. The number of carbonyl (C=O) groups is 1. The van der Waals surface area contributed by atoms with Gasteiger partial charge in [-0.25, -0.2) is 0 Å². The van der Waals surface area contributed by atoms with Gasteiger partial charge in [-0.05, 0) is 32.9 Å². The zero-order chi connectivity index (χ0) is 13.8. The van der Waals surface area contributed by atoms with Gasteiger partial charge in [-0.15, -0.1) is 0 Å². The number of likely N-dealkylation sites (N-methyl/N-ethyl adjacent to an activating group) is 1. The summed E-state index contributed by atoms with van der Waals surface area (Å²) in [6.45, 7) is 6.28. The summed E-state index contributed by atoms with van der Waals surface area (Å²) in [5.41, 5.74) is 1.59. The van der Waals surface area contributed by atoms with E-state index in [0.717, 1.165) is 12.0 Å². The fourth-order valence-electron chi connectivity index (χ4n) is 1.57. The summed E-state index contributed by atoms with van der Waals surface area (Å²) in [6.07, 6.45) is 0.978. The molecule has 0 aliphatic carbocycles. The molecule has 1 aromatic carbocycles. The van der Waals surface area contributed by atoms with Gasteiger partial charge >= 0.3 is 0 Å². The molecule has 0 saturated heterocycles. The van der Waals surface area contributed by atoms with Crippen LogP contribution in [0.5, 0.6) is 0 Å². The van der Waals surface area contributed by atoms with Crippen LogP contribution >= 0.6 is 0 Å². The number of nitrogens with zero attached hydrogens (tertiary/aromatic N) is 1. The van der Waals surface area contributed by atoms with E-state index in [9.17, 15) is 9.90 Å². The van der Waals surface area contributed by atoms with Crippen LogP contribution in [0.1, 0.15) is 36.7 Å². The van der Waals surface area contributed by atoms with Crippen LogP contribution in [0.2, 0.25) is 0 Å². The monoisotopic (exact) mass is 249 g/mol. The molecule has 0 amide bonds. The molecule has 3 nitrogen and oxygen atoms in total. The Morgan fingerprint density at radius 1 is 1.28 bits per heavy atom. The predicted molar refractivity (Wildman–Crippen MR) is 73.9 cm³/mol. The van der Waals surface area contributed by atoms with E-state index in [1.165, 1.54) is 5.56 Å². The van der Waals surface area contributed by atoms with E-state index < -0.39 is 0 Å². The first kappa shape index (κ1) is 14.9. The van der Waals surface area contributed by atoms with Crippen LogP contribution in [-0.4, -0.2) is 41.5 Å². The molecule has 0 saturated carbocycles. The molecule has 0 aliphatic rings. The molecular weight excluding hydrogens is 226 g/mol. The molecule has 0 spiro atoms. The van der Waals surface area contributed by atoms with Gasteiger partial charge in [0, 0.05) is 11.1 Å². The average Bonchev–Trinajstić information content (AvgIpc) is 2.38. The van der Waals surface area contributed by atoms with E-state index in [2.05, 4.69) is 6.92 Å². The molecule has 0 aliphatic heterocycles. The fourth-order valence-corrected chi connectivity index (χ4v) is 1.57. The number of Topliss-reactive ketones (excluding diaryl/α,β-unsaturated/α-hetero) is 1. The highest BCUT2D eigenvalue weighted by molar-refractivity contribution is 5.97. The Morgan fingerprint density at radius 3 is 2.28 bits per heavy atom. The van der Waals surface area contributed by atoms with Crippen molar-refractivity contribution in [1.82, 2.24) is 4.90 Å². The van der Waals surface area contributed by atoms with Crippen molar-refractivity contribution in [3.63, 3.8) is 0 Å². The number of aliphatic hydroxyl groups is 1. The molecule has 100 valence electrons. The molecule has 18 heavy (non-hydrogen) atoms. The number of aryl methyl sites for hydroxylation is 1. The van der Waals surface area contributed by atoms with Gasteiger partial charge in [0.1, 0.15) is 0 Å². The van der Waals surface area contributed by atoms with E-state index in [0.29, 0.717) is 6.54 Å². The summed E-state index contributed by atoms with van der Waals surface area (Å²) >= 11 is 0. The first-order chi connectivity index (χ1) is 8.40. The van der Waals surface area contributed by atoms with Crippen LogP contribution in [0.4, 0.5) is 0 Å². The van der Waals surface area contributed by atoms with Gasteiger partial charge in [-0.2, -0.15) is 0 Å². The van der Waals surface area contributed by atoms with Crippen molar-refractivity contribution >= 4 is 5.78 Å². The van der Waals surface area contributed by atoms with Crippen LogP contribution in [0.15, 0.2) is 24.3 Å². The fraction of sp³-hybridized carbons (Fsp3) is 0.533. The SMILES string of the molecule is CCc1ccc(C(=O)CN(C)C(C)(C)CO)cc1. The van der Waals surface area contributed by atoms with Gasteiger partial charge in [-0.1, -0.05) is 31.2 Å². The van der Waals surface area contributed by atoms with E-state index in [1.807, 2.05) is 50.1 Å². The Balaban J connectivity index is 2.70. The average molecular weight is 249 g/mol. The normalized spacial score (nSPS) is 11.9. The number of ketones is 1. The van der Waals surface area contributed by atoms with E-state index in [4.69, 9.17) is 0 Å². The molecular formula is C15H23NO2. The van der Waals surface area contributed by atoms with Crippen molar-refractivity contribution in [3.8, 4) is 0 Å². The molecule has 1 aromatic rings. The van der Waals surface area contributed by atoms with Crippen LogP contribution in [-0.2, 0) is 6.42 Å². The van der Waals surface area contributed by atoms with E-state index in [1.54, 1.807) is 0 Å². The molecule has 1 N–H and O–H groups in total. The molecule has 1 rings (SSSR count). The van der Waals surface area contributed by atoms with Crippen molar-refractivity contribution in [2.24, 2.45) is 0 Å². The second-order valence-electron chi connectivity index (χ2n) is 5.30. The summed E-state index contributed by atoms with van der Waals surface area (Å²) in [4.78, 5) is 14.0. The highest BCUT2D eigenvalue weighted by atomic mass is 16.3. The number of hydrogen-bond donors (Lipinski definition) is 1. The number of hydrogen-bond acceptors (Lipinski definition) is 3.